The Bertz CT molecular complexity index is 730. The molecule has 2 saturated heterocycles. The maximum absolute atomic E-state index is 12.4. The van der Waals surface area contributed by atoms with Gasteiger partial charge < -0.3 is 15.4 Å². The first kappa shape index (κ1) is 14.7. The van der Waals surface area contributed by atoms with Crippen molar-refractivity contribution in [2.75, 3.05) is 0 Å². The fourth-order valence-corrected chi connectivity index (χ4v) is 4.14. The van der Waals surface area contributed by atoms with Crippen LogP contribution >= 0.6 is 11.3 Å². The van der Waals surface area contributed by atoms with E-state index in [-0.39, 0.29) is 11.9 Å². The lowest BCUT2D eigenvalue weighted by Crippen LogP contribution is -2.42. The summed E-state index contributed by atoms with van der Waals surface area (Å²) in [5.74, 6) is 1.42. The number of fused-ring (bicyclic) bond motifs is 2. The van der Waals surface area contributed by atoms with Crippen molar-refractivity contribution in [2.24, 2.45) is 0 Å². The van der Waals surface area contributed by atoms with Crippen molar-refractivity contribution in [2.45, 2.75) is 44.3 Å². The molecule has 5 nitrogen and oxygen atoms in total. The Morgan fingerprint density at radius 2 is 2.30 bits per heavy atom. The summed E-state index contributed by atoms with van der Waals surface area (Å²) in [7, 11) is 0. The molecule has 2 aliphatic rings. The molecule has 1 amide bonds. The highest BCUT2D eigenvalue weighted by atomic mass is 32.1. The fraction of sp³-hybridized carbons (Fsp3) is 0.412. The second-order valence-corrected chi connectivity index (χ2v) is 7.16. The monoisotopic (exact) mass is 329 g/mol. The number of aryl methyl sites for hydroxylation is 1. The smallest absolute Gasteiger partial charge is 0.261 e. The lowest BCUT2D eigenvalue weighted by atomic mass is 9.95. The molecular weight excluding hydrogens is 310 g/mol. The molecule has 6 heteroatoms. The van der Waals surface area contributed by atoms with Crippen LogP contribution < -0.4 is 15.4 Å². The standard InChI is InChI=1S/C17H19N3O2S/c1-10-6-12(4-5-18-10)22-13-8-16(23-9-13)17(21)20-15-7-11-2-3-14(15)19-11/h4-6,8-9,11,14-15,19H,2-3,7H2,1H3,(H,20,21)/t11-,14+,15-/m1/s1. The van der Waals surface area contributed by atoms with Crippen LogP contribution in [0.2, 0.25) is 0 Å². The van der Waals surface area contributed by atoms with Gasteiger partial charge in [-0.15, -0.1) is 11.3 Å². The van der Waals surface area contributed by atoms with Crippen LogP contribution in [0.3, 0.4) is 0 Å². The molecule has 4 rings (SSSR count). The number of hydrogen-bond acceptors (Lipinski definition) is 5. The minimum absolute atomic E-state index is 0.00453. The highest BCUT2D eigenvalue weighted by Crippen LogP contribution is 2.30. The Kier molecular flexibility index (Phi) is 3.79. The van der Waals surface area contributed by atoms with Gasteiger partial charge >= 0.3 is 0 Å². The second kappa shape index (κ2) is 5.94. The van der Waals surface area contributed by atoms with E-state index in [1.807, 2.05) is 24.4 Å². The number of amides is 1. The molecule has 0 unspecified atom stereocenters. The average Bonchev–Trinajstić information content (AvgIpc) is 3.23. The first-order valence-corrected chi connectivity index (χ1v) is 8.81. The molecule has 0 spiro atoms. The third-order valence-corrected chi connectivity index (χ3v) is 5.43. The van der Waals surface area contributed by atoms with E-state index in [2.05, 4.69) is 15.6 Å². The van der Waals surface area contributed by atoms with Gasteiger partial charge in [-0.05, 0) is 32.3 Å². The maximum atomic E-state index is 12.4. The zero-order valence-electron chi connectivity index (χ0n) is 12.9. The molecule has 2 fully saturated rings. The van der Waals surface area contributed by atoms with Gasteiger partial charge in [0, 0.05) is 47.5 Å². The molecular formula is C17H19N3O2S. The molecule has 0 radical (unpaired) electrons. The van der Waals surface area contributed by atoms with Crippen molar-refractivity contribution in [3.8, 4) is 11.5 Å². The summed E-state index contributed by atoms with van der Waals surface area (Å²) in [6.45, 7) is 1.92. The molecule has 120 valence electrons. The molecule has 4 heterocycles. The molecule has 2 aromatic rings. The predicted octanol–water partition coefficient (Wildman–Crippen LogP) is 2.87. The van der Waals surface area contributed by atoms with Crippen LogP contribution in [0, 0.1) is 6.92 Å². The Morgan fingerprint density at radius 1 is 1.39 bits per heavy atom. The minimum Gasteiger partial charge on any atom is -0.456 e. The number of hydrogen-bond donors (Lipinski definition) is 2. The zero-order valence-corrected chi connectivity index (χ0v) is 13.7. The van der Waals surface area contributed by atoms with Crippen LogP contribution in [0.25, 0.3) is 0 Å². The summed E-state index contributed by atoms with van der Waals surface area (Å²) in [6.07, 6.45) is 5.16. The molecule has 2 N–H and O–H groups in total. The van der Waals surface area contributed by atoms with Crippen LogP contribution in [-0.4, -0.2) is 29.0 Å². The van der Waals surface area contributed by atoms with E-state index >= 15 is 0 Å². The van der Waals surface area contributed by atoms with Crippen molar-refractivity contribution >= 4 is 17.2 Å². The van der Waals surface area contributed by atoms with Crippen LogP contribution in [0.15, 0.2) is 29.8 Å². The molecule has 0 saturated carbocycles. The summed E-state index contributed by atoms with van der Waals surface area (Å²) in [4.78, 5) is 17.2. The Labute approximate surface area is 139 Å². The van der Waals surface area contributed by atoms with Crippen molar-refractivity contribution < 1.29 is 9.53 Å². The quantitative estimate of drug-likeness (QED) is 0.905. The molecule has 2 aromatic heterocycles. The molecule has 2 aliphatic heterocycles. The topological polar surface area (TPSA) is 63.2 Å². The molecule has 3 atom stereocenters. The average molecular weight is 329 g/mol. The number of ether oxygens (including phenoxy) is 1. The summed E-state index contributed by atoms with van der Waals surface area (Å²) < 4.78 is 5.79. The van der Waals surface area contributed by atoms with Gasteiger partial charge in [-0.2, -0.15) is 0 Å². The lowest BCUT2D eigenvalue weighted by Gasteiger charge is -2.20. The molecule has 0 aromatic carbocycles. The van der Waals surface area contributed by atoms with E-state index in [4.69, 9.17) is 4.74 Å². The second-order valence-electron chi connectivity index (χ2n) is 6.24. The van der Waals surface area contributed by atoms with Gasteiger partial charge in [0.2, 0.25) is 0 Å². The fourth-order valence-electron chi connectivity index (χ4n) is 3.43. The molecule has 0 aliphatic carbocycles. The largest absolute Gasteiger partial charge is 0.456 e. The van der Waals surface area contributed by atoms with Crippen molar-refractivity contribution in [3.05, 3.63) is 40.3 Å². The van der Waals surface area contributed by atoms with Gasteiger partial charge in [0.05, 0.1) is 4.88 Å². The summed E-state index contributed by atoms with van der Waals surface area (Å²) in [5.41, 5.74) is 0.902. The Morgan fingerprint density at radius 3 is 3.04 bits per heavy atom. The van der Waals surface area contributed by atoms with Crippen LogP contribution in [0.1, 0.15) is 34.6 Å². The third kappa shape index (κ3) is 3.09. The van der Waals surface area contributed by atoms with Gasteiger partial charge in [-0.3, -0.25) is 9.78 Å². The highest BCUT2D eigenvalue weighted by molar-refractivity contribution is 7.12. The summed E-state index contributed by atoms with van der Waals surface area (Å²) in [5, 5.41) is 8.56. The minimum atomic E-state index is -0.00453. The summed E-state index contributed by atoms with van der Waals surface area (Å²) >= 11 is 1.41. The van der Waals surface area contributed by atoms with E-state index in [0.29, 0.717) is 22.7 Å². The highest BCUT2D eigenvalue weighted by Gasteiger charge is 2.39. The van der Waals surface area contributed by atoms with E-state index < -0.39 is 0 Å². The van der Waals surface area contributed by atoms with Crippen LogP contribution in [0.4, 0.5) is 0 Å². The van der Waals surface area contributed by atoms with E-state index in [0.717, 1.165) is 24.3 Å². The number of pyridine rings is 1. The zero-order chi connectivity index (χ0) is 15.8. The van der Waals surface area contributed by atoms with E-state index in [1.54, 1.807) is 12.3 Å². The Balaban J connectivity index is 1.40. The molecule has 2 bridgehead atoms. The number of nitrogens with one attached hydrogen (secondary N) is 2. The molecule has 23 heavy (non-hydrogen) atoms. The van der Waals surface area contributed by atoms with Gasteiger partial charge in [0.25, 0.3) is 5.91 Å². The van der Waals surface area contributed by atoms with Gasteiger partial charge in [-0.1, -0.05) is 0 Å². The maximum Gasteiger partial charge on any atom is 0.261 e. The van der Waals surface area contributed by atoms with Gasteiger partial charge in [0.15, 0.2) is 0 Å². The lowest BCUT2D eigenvalue weighted by molar-refractivity contribution is 0.0935. The number of aromatic nitrogens is 1. The Hall–Kier alpha value is -1.92. The number of thiophene rings is 1. The van der Waals surface area contributed by atoms with Crippen LogP contribution in [-0.2, 0) is 0 Å². The SMILES string of the molecule is Cc1cc(Oc2csc(C(=O)N[C@@H]3C[C@H]4CC[C@@H]3N4)c2)ccn1. The van der Waals surface area contributed by atoms with Crippen molar-refractivity contribution in [3.63, 3.8) is 0 Å². The van der Waals surface area contributed by atoms with Crippen molar-refractivity contribution in [1.29, 1.82) is 0 Å². The summed E-state index contributed by atoms with van der Waals surface area (Å²) in [6, 6.07) is 6.78. The third-order valence-electron chi connectivity index (χ3n) is 4.52. The first-order valence-electron chi connectivity index (χ1n) is 7.93. The first-order chi connectivity index (χ1) is 11.2. The van der Waals surface area contributed by atoms with Gasteiger partial charge in [0.1, 0.15) is 11.5 Å². The van der Waals surface area contributed by atoms with Gasteiger partial charge in [-0.25, -0.2) is 0 Å². The van der Waals surface area contributed by atoms with E-state index in [9.17, 15) is 4.79 Å². The van der Waals surface area contributed by atoms with Crippen LogP contribution in [0.5, 0.6) is 11.5 Å². The number of carbonyl (C=O) groups is 1. The number of rotatable bonds is 4. The van der Waals surface area contributed by atoms with E-state index in [1.165, 1.54) is 17.8 Å². The number of nitrogens with zero attached hydrogens (tertiary/aromatic N) is 1. The van der Waals surface area contributed by atoms with Crippen molar-refractivity contribution in [1.82, 2.24) is 15.6 Å². The predicted molar refractivity (Wildman–Crippen MR) is 89.2 cm³/mol. The normalized spacial score (nSPS) is 25.5. The number of carbonyl (C=O) groups excluding carboxylic acids is 1.